The van der Waals surface area contributed by atoms with Gasteiger partial charge in [0, 0.05) is 0 Å². The summed E-state index contributed by atoms with van der Waals surface area (Å²) in [6.45, 7) is 8.59. The van der Waals surface area contributed by atoms with Gasteiger partial charge in [0.15, 0.2) is 0 Å². The summed E-state index contributed by atoms with van der Waals surface area (Å²) in [6.07, 6.45) is 1.20. The molecule has 2 N–H and O–H groups in total. The van der Waals surface area contributed by atoms with Crippen molar-refractivity contribution >= 4 is 0 Å². The van der Waals surface area contributed by atoms with Crippen LogP contribution >= 0.6 is 0 Å². The molecule has 0 aliphatic rings. The van der Waals surface area contributed by atoms with Gasteiger partial charge in [-0.3, -0.25) is 5.73 Å². The Morgan fingerprint density at radius 2 is 1.89 bits per heavy atom. The van der Waals surface area contributed by atoms with Crippen LogP contribution in [0.2, 0.25) is 0 Å². The highest BCUT2D eigenvalue weighted by molar-refractivity contribution is 4.96. The summed E-state index contributed by atoms with van der Waals surface area (Å²) < 4.78 is 0. The highest BCUT2D eigenvalue weighted by atomic mass is 14.6. The van der Waals surface area contributed by atoms with E-state index in [-0.39, 0.29) is 6.04 Å². The Kier molecular flexibility index (Phi) is 3.71. The van der Waals surface area contributed by atoms with Gasteiger partial charge in [-0.2, -0.15) is 0 Å². The van der Waals surface area contributed by atoms with Crippen LogP contribution < -0.4 is 5.73 Å². The molecule has 0 saturated carbocycles. The van der Waals surface area contributed by atoms with Crippen LogP contribution in [-0.4, -0.2) is 6.04 Å². The minimum Gasteiger partial charge on any atom is -0.291 e. The average molecular weight is 128 g/mol. The Labute approximate surface area is 58.6 Å². The number of nitrogens with two attached hydrogens (primary N) is 1. The SMILES string of the molecule is CCC(C)[C+](C)C(C)N. The summed E-state index contributed by atoms with van der Waals surface area (Å²) in [4.78, 5) is 0. The van der Waals surface area contributed by atoms with E-state index in [4.69, 9.17) is 5.73 Å². The predicted octanol–water partition coefficient (Wildman–Crippen LogP) is 1.97. The highest BCUT2D eigenvalue weighted by Crippen LogP contribution is 2.18. The summed E-state index contributed by atoms with van der Waals surface area (Å²) >= 11 is 0. The van der Waals surface area contributed by atoms with Gasteiger partial charge in [0.2, 0.25) is 0 Å². The molecule has 0 saturated heterocycles. The van der Waals surface area contributed by atoms with E-state index in [9.17, 15) is 0 Å². The largest absolute Gasteiger partial charge is 0.291 e. The molecule has 0 fully saturated rings. The van der Waals surface area contributed by atoms with E-state index < -0.39 is 0 Å². The van der Waals surface area contributed by atoms with E-state index >= 15 is 0 Å². The third kappa shape index (κ3) is 2.75. The summed E-state index contributed by atoms with van der Waals surface area (Å²) in [6, 6.07) is 0.264. The first-order valence-corrected chi connectivity index (χ1v) is 3.68. The van der Waals surface area contributed by atoms with E-state index in [0.29, 0.717) is 5.92 Å². The standard InChI is InChI=1S/C8H18N/c1-5-6(2)7(3)8(4)9/h6,8H,5,9H2,1-4H3/q+1. The molecule has 2 unspecified atom stereocenters. The Balaban J connectivity index is 3.58. The molecule has 0 aromatic rings. The van der Waals surface area contributed by atoms with Crippen LogP contribution in [0.1, 0.15) is 34.1 Å². The van der Waals surface area contributed by atoms with E-state index in [1.54, 1.807) is 0 Å². The lowest BCUT2D eigenvalue weighted by molar-refractivity contribution is 0.516. The van der Waals surface area contributed by atoms with Crippen molar-refractivity contribution in [1.82, 2.24) is 0 Å². The van der Waals surface area contributed by atoms with Gasteiger partial charge >= 0.3 is 0 Å². The fraction of sp³-hybridized carbons (Fsp3) is 0.875. The fourth-order valence-corrected chi connectivity index (χ4v) is 0.771. The molecule has 0 radical (unpaired) electrons. The zero-order valence-electron chi connectivity index (χ0n) is 6.94. The van der Waals surface area contributed by atoms with Gasteiger partial charge in [-0.05, 0) is 20.3 Å². The number of rotatable bonds is 3. The second kappa shape index (κ2) is 3.78. The van der Waals surface area contributed by atoms with E-state index in [2.05, 4.69) is 20.8 Å². The smallest absolute Gasteiger partial charge is 0.146 e. The Hall–Kier alpha value is -0.170. The molecule has 1 nitrogen and oxygen atoms in total. The van der Waals surface area contributed by atoms with Gasteiger partial charge in [0.05, 0.1) is 12.8 Å². The van der Waals surface area contributed by atoms with Crippen molar-refractivity contribution < 1.29 is 0 Å². The third-order valence-electron chi connectivity index (χ3n) is 2.11. The van der Waals surface area contributed by atoms with Gasteiger partial charge in [-0.25, -0.2) is 0 Å². The van der Waals surface area contributed by atoms with Crippen LogP contribution in [-0.2, 0) is 0 Å². The molecular weight excluding hydrogens is 110 g/mol. The van der Waals surface area contributed by atoms with Gasteiger partial charge in [-0.1, -0.05) is 6.92 Å². The predicted molar refractivity (Wildman–Crippen MR) is 42.0 cm³/mol. The number of hydrogen-bond donors (Lipinski definition) is 1. The fourth-order valence-electron chi connectivity index (χ4n) is 0.771. The van der Waals surface area contributed by atoms with Crippen molar-refractivity contribution in [1.29, 1.82) is 0 Å². The minimum atomic E-state index is 0.264. The Morgan fingerprint density at radius 1 is 1.44 bits per heavy atom. The lowest BCUT2D eigenvalue weighted by Crippen LogP contribution is -2.26. The van der Waals surface area contributed by atoms with E-state index in [1.807, 2.05) is 6.92 Å². The maximum atomic E-state index is 5.68. The van der Waals surface area contributed by atoms with Crippen molar-refractivity contribution in [2.24, 2.45) is 11.7 Å². The highest BCUT2D eigenvalue weighted by Gasteiger charge is 2.24. The molecule has 0 aliphatic heterocycles. The Bertz CT molecular complexity index is 69.0. The third-order valence-corrected chi connectivity index (χ3v) is 2.11. The second-order valence-electron chi connectivity index (χ2n) is 2.84. The normalized spacial score (nSPS) is 17.0. The quantitative estimate of drug-likeness (QED) is 0.578. The second-order valence-corrected chi connectivity index (χ2v) is 2.84. The summed E-state index contributed by atoms with van der Waals surface area (Å²) in [5.74, 6) is 2.10. The molecule has 1 heteroatoms. The minimum absolute atomic E-state index is 0.264. The van der Waals surface area contributed by atoms with E-state index in [1.165, 1.54) is 12.3 Å². The summed E-state index contributed by atoms with van der Waals surface area (Å²) in [5, 5.41) is 0. The first kappa shape index (κ1) is 8.83. The maximum absolute atomic E-state index is 5.68. The van der Waals surface area contributed by atoms with Crippen LogP contribution in [0.25, 0.3) is 0 Å². The molecule has 2 atom stereocenters. The van der Waals surface area contributed by atoms with Gasteiger partial charge < -0.3 is 0 Å². The lowest BCUT2D eigenvalue weighted by atomic mass is 9.89. The molecule has 0 amide bonds. The molecule has 0 heterocycles. The topological polar surface area (TPSA) is 26.0 Å². The molecule has 9 heavy (non-hydrogen) atoms. The van der Waals surface area contributed by atoms with Crippen LogP contribution in [0.4, 0.5) is 0 Å². The molecule has 0 aromatic heterocycles. The van der Waals surface area contributed by atoms with Gasteiger partial charge in [-0.15, -0.1) is 0 Å². The maximum Gasteiger partial charge on any atom is 0.146 e. The van der Waals surface area contributed by atoms with Crippen molar-refractivity contribution in [2.75, 3.05) is 0 Å². The molecule has 0 spiro atoms. The average Bonchev–Trinajstić information content (AvgIpc) is 1.84. The van der Waals surface area contributed by atoms with E-state index in [0.717, 1.165) is 0 Å². The van der Waals surface area contributed by atoms with Crippen molar-refractivity contribution in [3.63, 3.8) is 0 Å². The monoisotopic (exact) mass is 128 g/mol. The Morgan fingerprint density at radius 3 is 2.00 bits per heavy atom. The zero-order chi connectivity index (χ0) is 7.44. The molecular formula is C8H18N+. The first-order chi connectivity index (χ1) is 4.09. The lowest BCUT2D eigenvalue weighted by Gasteiger charge is -2.10. The van der Waals surface area contributed by atoms with Crippen molar-refractivity contribution in [3.8, 4) is 0 Å². The molecule has 0 rings (SSSR count). The summed E-state index contributed by atoms with van der Waals surface area (Å²) in [5.41, 5.74) is 5.68. The van der Waals surface area contributed by atoms with Crippen LogP contribution in [0.3, 0.4) is 0 Å². The first-order valence-electron chi connectivity index (χ1n) is 3.68. The van der Waals surface area contributed by atoms with Crippen LogP contribution in [0, 0.1) is 11.8 Å². The van der Waals surface area contributed by atoms with Crippen LogP contribution in [0.5, 0.6) is 0 Å². The molecule has 0 aliphatic carbocycles. The summed E-state index contributed by atoms with van der Waals surface area (Å²) in [7, 11) is 0. The van der Waals surface area contributed by atoms with Crippen LogP contribution in [0.15, 0.2) is 0 Å². The zero-order valence-corrected chi connectivity index (χ0v) is 6.94. The number of hydrogen-bond acceptors (Lipinski definition) is 1. The van der Waals surface area contributed by atoms with Crippen molar-refractivity contribution in [2.45, 2.75) is 40.2 Å². The molecule has 0 bridgehead atoms. The van der Waals surface area contributed by atoms with Gasteiger partial charge in [0.25, 0.3) is 0 Å². The van der Waals surface area contributed by atoms with Crippen molar-refractivity contribution in [3.05, 3.63) is 5.92 Å². The molecule has 54 valence electrons. The molecule has 0 aromatic carbocycles. The van der Waals surface area contributed by atoms with Gasteiger partial charge in [0.1, 0.15) is 12.0 Å².